The molecule has 2 aromatic carbocycles. The first kappa shape index (κ1) is 11.1. The molecule has 0 atom stereocenters. The summed E-state index contributed by atoms with van der Waals surface area (Å²) in [5, 5.41) is 18.1. The van der Waals surface area contributed by atoms with E-state index < -0.39 is 11.8 Å². The topological polar surface area (TPSA) is 57.5 Å². The van der Waals surface area contributed by atoms with E-state index in [1.165, 1.54) is 24.3 Å². The molecule has 0 saturated heterocycles. The molecule has 0 bridgehead atoms. The molecular weight excluding hydrogens is 223 g/mol. The fraction of sp³-hybridized carbons (Fsp3) is 0. The van der Waals surface area contributed by atoms with E-state index in [0.29, 0.717) is 0 Å². The Morgan fingerprint density at radius 2 is 1.76 bits per heavy atom. The Kier molecular flexibility index (Phi) is 2.78. The van der Waals surface area contributed by atoms with Crippen LogP contribution >= 0.6 is 0 Å². The van der Waals surface area contributed by atoms with Gasteiger partial charge in [-0.25, -0.2) is 9.18 Å². The van der Waals surface area contributed by atoms with Crippen molar-refractivity contribution in [3.63, 3.8) is 0 Å². The Hall–Kier alpha value is -2.36. The Balaban J connectivity index is 2.64. The van der Waals surface area contributed by atoms with Crippen molar-refractivity contribution in [3.05, 3.63) is 53.8 Å². The van der Waals surface area contributed by atoms with Crippen molar-refractivity contribution >= 4 is 5.97 Å². The van der Waals surface area contributed by atoms with Crippen LogP contribution in [0.25, 0.3) is 11.1 Å². The molecule has 86 valence electrons. The van der Waals surface area contributed by atoms with Gasteiger partial charge < -0.3 is 10.2 Å². The summed E-state index contributed by atoms with van der Waals surface area (Å²) in [5.41, 5.74) is 0.468. The number of phenols is 1. The number of carboxylic acids is 1. The lowest BCUT2D eigenvalue weighted by atomic mass is 9.99. The number of carbonyl (C=O) groups is 1. The van der Waals surface area contributed by atoms with Crippen LogP contribution in [-0.4, -0.2) is 16.2 Å². The smallest absolute Gasteiger partial charge is 0.336 e. The quantitative estimate of drug-likeness (QED) is 0.836. The Morgan fingerprint density at radius 1 is 1.06 bits per heavy atom. The van der Waals surface area contributed by atoms with Crippen LogP contribution in [0.2, 0.25) is 0 Å². The van der Waals surface area contributed by atoms with Crippen LogP contribution in [0, 0.1) is 5.82 Å². The maximum Gasteiger partial charge on any atom is 0.336 e. The van der Waals surface area contributed by atoms with Crippen LogP contribution in [0.5, 0.6) is 5.75 Å². The van der Waals surface area contributed by atoms with Gasteiger partial charge in [0, 0.05) is 11.6 Å². The molecule has 0 fully saturated rings. The number of phenolic OH excluding ortho intramolecular Hbond substituents is 1. The largest absolute Gasteiger partial charge is 0.508 e. The first-order chi connectivity index (χ1) is 8.09. The number of aromatic carboxylic acids is 1. The zero-order valence-electron chi connectivity index (χ0n) is 8.72. The van der Waals surface area contributed by atoms with Gasteiger partial charge in [-0.3, -0.25) is 0 Å². The number of hydrogen-bond donors (Lipinski definition) is 2. The fourth-order valence-corrected chi connectivity index (χ4v) is 1.63. The molecule has 0 unspecified atom stereocenters. The number of carboxylic acid groups (broad SMARTS) is 1. The lowest BCUT2D eigenvalue weighted by Gasteiger charge is -2.07. The highest BCUT2D eigenvalue weighted by Gasteiger charge is 2.14. The van der Waals surface area contributed by atoms with Crippen molar-refractivity contribution in [2.75, 3.05) is 0 Å². The molecule has 0 saturated carbocycles. The molecule has 0 aromatic heterocycles. The Bertz CT molecular complexity index is 579. The van der Waals surface area contributed by atoms with Gasteiger partial charge in [0.25, 0.3) is 0 Å². The maximum absolute atomic E-state index is 13.6. The summed E-state index contributed by atoms with van der Waals surface area (Å²) >= 11 is 0. The van der Waals surface area contributed by atoms with Crippen molar-refractivity contribution in [1.29, 1.82) is 0 Å². The molecule has 4 heteroatoms. The van der Waals surface area contributed by atoms with Gasteiger partial charge in [0.15, 0.2) is 0 Å². The molecule has 0 amide bonds. The standard InChI is InChI=1S/C13H9FO3/c14-12-7-8(15)5-6-10(12)9-3-1-2-4-11(9)13(16)17/h1-7,15H,(H,16,17). The summed E-state index contributed by atoms with van der Waals surface area (Å²) in [6.45, 7) is 0. The van der Waals surface area contributed by atoms with E-state index in [1.54, 1.807) is 12.1 Å². The van der Waals surface area contributed by atoms with Crippen LogP contribution < -0.4 is 0 Å². The van der Waals surface area contributed by atoms with E-state index in [-0.39, 0.29) is 22.4 Å². The second-order valence-electron chi connectivity index (χ2n) is 3.51. The molecule has 0 radical (unpaired) electrons. The van der Waals surface area contributed by atoms with Gasteiger partial charge >= 0.3 is 5.97 Å². The summed E-state index contributed by atoms with van der Waals surface area (Å²) in [6.07, 6.45) is 0. The molecule has 17 heavy (non-hydrogen) atoms. The maximum atomic E-state index is 13.6. The van der Waals surface area contributed by atoms with E-state index >= 15 is 0 Å². The van der Waals surface area contributed by atoms with E-state index in [0.717, 1.165) is 6.07 Å². The summed E-state index contributed by atoms with van der Waals surface area (Å²) in [6, 6.07) is 9.76. The van der Waals surface area contributed by atoms with Crippen molar-refractivity contribution in [3.8, 4) is 16.9 Å². The average Bonchev–Trinajstić information content (AvgIpc) is 2.29. The van der Waals surface area contributed by atoms with Gasteiger partial charge in [-0.2, -0.15) is 0 Å². The van der Waals surface area contributed by atoms with Crippen LogP contribution in [0.15, 0.2) is 42.5 Å². The van der Waals surface area contributed by atoms with Crippen LogP contribution in [0.1, 0.15) is 10.4 Å². The lowest BCUT2D eigenvalue weighted by Crippen LogP contribution is -1.99. The van der Waals surface area contributed by atoms with Crippen LogP contribution in [0.3, 0.4) is 0 Å². The summed E-state index contributed by atoms with van der Waals surface area (Å²) in [4.78, 5) is 11.0. The number of rotatable bonds is 2. The van der Waals surface area contributed by atoms with Gasteiger partial charge in [-0.15, -0.1) is 0 Å². The van der Waals surface area contributed by atoms with E-state index in [9.17, 15) is 9.18 Å². The van der Waals surface area contributed by atoms with Crippen molar-refractivity contribution in [2.45, 2.75) is 0 Å². The second kappa shape index (κ2) is 4.25. The molecule has 0 aliphatic rings. The zero-order valence-corrected chi connectivity index (χ0v) is 8.72. The number of halogens is 1. The second-order valence-corrected chi connectivity index (χ2v) is 3.51. The summed E-state index contributed by atoms with van der Waals surface area (Å²) in [5.74, 6) is -1.97. The minimum atomic E-state index is -1.12. The molecule has 2 N–H and O–H groups in total. The van der Waals surface area contributed by atoms with Crippen LogP contribution in [0.4, 0.5) is 4.39 Å². The van der Waals surface area contributed by atoms with Crippen molar-refractivity contribution < 1.29 is 19.4 Å². The van der Waals surface area contributed by atoms with Gasteiger partial charge in [0.1, 0.15) is 11.6 Å². The molecule has 3 nitrogen and oxygen atoms in total. The third kappa shape index (κ3) is 2.10. The Labute approximate surface area is 96.8 Å². The molecular formula is C13H9FO3. The first-order valence-electron chi connectivity index (χ1n) is 4.91. The van der Waals surface area contributed by atoms with Crippen molar-refractivity contribution in [2.24, 2.45) is 0 Å². The van der Waals surface area contributed by atoms with Gasteiger partial charge in [-0.1, -0.05) is 18.2 Å². The lowest BCUT2D eigenvalue weighted by molar-refractivity contribution is 0.0697. The fourth-order valence-electron chi connectivity index (χ4n) is 1.63. The van der Waals surface area contributed by atoms with E-state index in [4.69, 9.17) is 10.2 Å². The molecule has 0 heterocycles. The first-order valence-corrected chi connectivity index (χ1v) is 4.91. The number of hydrogen-bond acceptors (Lipinski definition) is 2. The third-order valence-electron chi connectivity index (χ3n) is 2.40. The predicted octanol–water partition coefficient (Wildman–Crippen LogP) is 2.90. The minimum Gasteiger partial charge on any atom is -0.508 e. The molecule has 2 aromatic rings. The average molecular weight is 232 g/mol. The number of benzene rings is 2. The van der Waals surface area contributed by atoms with Gasteiger partial charge in [0.2, 0.25) is 0 Å². The normalized spacial score (nSPS) is 10.2. The van der Waals surface area contributed by atoms with E-state index in [2.05, 4.69) is 0 Å². The highest BCUT2D eigenvalue weighted by atomic mass is 19.1. The highest BCUT2D eigenvalue weighted by molar-refractivity contribution is 5.96. The predicted molar refractivity (Wildman–Crippen MR) is 60.5 cm³/mol. The molecule has 2 rings (SSSR count). The summed E-state index contributed by atoms with van der Waals surface area (Å²) < 4.78 is 13.6. The highest BCUT2D eigenvalue weighted by Crippen LogP contribution is 2.28. The third-order valence-corrected chi connectivity index (χ3v) is 2.40. The monoisotopic (exact) mass is 232 g/mol. The Morgan fingerprint density at radius 3 is 2.41 bits per heavy atom. The van der Waals surface area contributed by atoms with Crippen LogP contribution in [-0.2, 0) is 0 Å². The van der Waals surface area contributed by atoms with Gasteiger partial charge in [-0.05, 0) is 23.8 Å². The molecule has 0 spiro atoms. The zero-order chi connectivity index (χ0) is 12.4. The van der Waals surface area contributed by atoms with Gasteiger partial charge in [0.05, 0.1) is 5.56 Å². The van der Waals surface area contributed by atoms with Crippen molar-refractivity contribution in [1.82, 2.24) is 0 Å². The molecule has 0 aliphatic heterocycles. The summed E-state index contributed by atoms with van der Waals surface area (Å²) in [7, 11) is 0. The SMILES string of the molecule is O=C(O)c1ccccc1-c1ccc(O)cc1F. The molecule has 0 aliphatic carbocycles. The van der Waals surface area contributed by atoms with E-state index in [1.807, 2.05) is 0 Å². The number of aromatic hydroxyl groups is 1. The minimum absolute atomic E-state index is 0.0251.